The zero-order valence-corrected chi connectivity index (χ0v) is 20.2. The quantitative estimate of drug-likeness (QED) is 0.388. The Morgan fingerprint density at radius 2 is 1.97 bits per heavy atom. The lowest BCUT2D eigenvalue weighted by atomic mass is 9.98. The molecule has 1 N–H and O–H groups in total. The van der Waals surface area contributed by atoms with Crippen LogP contribution in [-0.2, 0) is 27.4 Å². The monoisotopic (exact) mass is 487 g/mol. The fourth-order valence-corrected chi connectivity index (χ4v) is 4.64. The summed E-state index contributed by atoms with van der Waals surface area (Å²) in [5, 5.41) is 11.3. The number of aryl methyl sites for hydroxylation is 1. The standard InChI is InChI=1S/C27H29N5O4/c1-19-8-2-3-11-22(19)26(27(34)28-16-20-9-6-14-35-20)31(17-21-10-7-15-36-21)25(33)18-32-24-13-5-4-12-23(24)29-30-32/h2-6,8-9,11-14,21,26H,7,10,15-18H2,1H3,(H,28,34)/t21-,26-/m0/s1. The second-order valence-corrected chi connectivity index (χ2v) is 8.97. The molecular formula is C27H29N5O4. The summed E-state index contributed by atoms with van der Waals surface area (Å²) in [5.41, 5.74) is 3.16. The predicted molar refractivity (Wildman–Crippen MR) is 133 cm³/mol. The molecule has 9 heteroatoms. The summed E-state index contributed by atoms with van der Waals surface area (Å²) in [7, 11) is 0. The van der Waals surface area contributed by atoms with Gasteiger partial charge in [-0.05, 0) is 55.2 Å². The Labute approximate surface area is 209 Å². The largest absolute Gasteiger partial charge is 0.467 e. The molecule has 0 spiro atoms. The SMILES string of the molecule is Cc1ccccc1[C@@H](C(=O)NCc1ccco1)N(C[C@@H]1CCCO1)C(=O)Cn1nnc2ccccc21. The van der Waals surface area contributed by atoms with Crippen molar-refractivity contribution < 1.29 is 18.7 Å². The van der Waals surface area contributed by atoms with E-state index in [1.54, 1.807) is 28.0 Å². The maximum absolute atomic E-state index is 13.9. The van der Waals surface area contributed by atoms with E-state index in [0.717, 1.165) is 29.5 Å². The van der Waals surface area contributed by atoms with E-state index in [9.17, 15) is 9.59 Å². The second kappa shape index (κ2) is 10.7. The molecule has 186 valence electrons. The molecule has 2 amide bonds. The zero-order chi connectivity index (χ0) is 24.9. The van der Waals surface area contributed by atoms with E-state index in [1.807, 2.05) is 55.5 Å². The first-order valence-corrected chi connectivity index (χ1v) is 12.1. The molecule has 5 rings (SSSR count). The molecule has 0 unspecified atom stereocenters. The minimum absolute atomic E-state index is 0.0406. The highest BCUT2D eigenvalue weighted by Crippen LogP contribution is 2.27. The molecule has 2 atom stereocenters. The van der Waals surface area contributed by atoms with Crippen LogP contribution in [-0.4, -0.2) is 51.0 Å². The number of nitrogens with one attached hydrogen (secondary N) is 1. The van der Waals surface area contributed by atoms with Crippen LogP contribution in [0, 0.1) is 6.92 Å². The fourth-order valence-electron chi connectivity index (χ4n) is 4.64. The number of hydrogen-bond donors (Lipinski definition) is 1. The highest BCUT2D eigenvalue weighted by Gasteiger charge is 2.35. The van der Waals surface area contributed by atoms with E-state index in [-0.39, 0.29) is 31.0 Å². The molecule has 36 heavy (non-hydrogen) atoms. The molecular weight excluding hydrogens is 458 g/mol. The van der Waals surface area contributed by atoms with Gasteiger partial charge < -0.3 is 19.4 Å². The van der Waals surface area contributed by atoms with E-state index in [0.29, 0.717) is 24.4 Å². The molecule has 1 aliphatic heterocycles. The third kappa shape index (κ3) is 5.16. The highest BCUT2D eigenvalue weighted by atomic mass is 16.5. The van der Waals surface area contributed by atoms with Crippen LogP contribution >= 0.6 is 0 Å². The van der Waals surface area contributed by atoms with Gasteiger partial charge in [0.15, 0.2) is 0 Å². The number of nitrogens with zero attached hydrogens (tertiary/aromatic N) is 4. The van der Waals surface area contributed by atoms with Gasteiger partial charge in [0, 0.05) is 13.2 Å². The van der Waals surface area contributed by atoms with Crippen molar-refractivity contribution in [1.29, 1.82) is 0 Å². The van der Waals surface area contributed by atoms with Gasteiger partial charge >= 0.3 is 0 Å². The Hall–Kier alpha value is -3.98. The van der Waals surface area contributed by atoms with Crippen molar-refractivity contribution in [3.8, 4) is 0 Å². The summed E-state index contributed by atoms with van der Waals surface area (Å²) in [5.74, 6) is 0.121. The van der Waals surface area contributed by atoms with Crippen molar-refractivity contribution in [2.45, 2.75) is 45.0 Å². The van der Waals surface area contributed by atoms with Crippen LogP contribution in [0.2, 0.25) is 0 Å². The van der Waals surface area contributed by atoms with Gasteiger partial charge in [0.1, 0.15) is 23.9 Å². The van der Waals surface area contributed by atoms with Crippen LogP contribution in [0.4, 0.5) is 0 Å². The molecule has 0 saturated carbocycles. The van der Waals surface area contributed by atoms with Crippen molar-refractivity contribution >= 4 is 22.8 Å². The maximum Gasteiger partial charge on any atom is 0.247 e. The van der Waals surface area contributed by atoms with Crippen molar-refractivity contribution in [2.75, 3.05) is 13.2 Å². The van der Waals surface area contributed by atoms with Crippen molar-refractivity contribution in [1.82, 2.24) is 25.2 Å². The van der Waals surface area contributed by atoms with Crippen molar-refractivity contribution in [3.63, 3.8) is 0 Å². The van der Waals surface area contributed by atoms with Gasteiger partial charge in [0.25, 0.3) is 0 Å². The number of rotatable bonds is 9. The van der Waals surface area contributed by atoms with Gasteiger partial charge in [-0.25, -0.2) is 4.68 Å². The summed E-state index contributed by atoms with van der Waals surface area (Å²) in [6, 6.07) is 17.9. The average Bonchev–Trinajstić information content (AvgIpc) is 3.67. The lowest BCUT2D eigenvalue weighted by molar-refractivity contribution is -0.143. The molecule has 0 aliphatic carbocycles. The molecule has 2 aromatic heterocycles. The second-order valence-electron chi connectivity index (χ2n) is 8.97. The number of ether oxygens (including phenoxy) is 1. The highest BCUT2D eigenvalue weighted by molar-refractivity contribution is 5.89. The van der Waals surface area contributed by atoms with E-state index in [4.69, 9.17) is 9.15 Å². The Kier molecular flexibility index (Phi) is 7.08. The fraction of sp³-hybridized carbons (Fsp3) is 0.333. The van der Waals surface area contributed by atoms with E-state index in [1.165, 1.54) is 0 Å². The molecule has 4 aromatic rings. The minimum Gasteiger partial charge on any atom is -0.467 e. The third-order valence-electron chi connectivity index (χ3n) is 6.51. The lowest BCUT2D eigenvalue weighted by Crippen LogP contribution is -2.48. The molecule has 1 fully saturated rings. The summed E-state index contributed by atoms with van der Waals surface area (Å²) in [6.07, 6.45) is 3.20. The van der Waals surface area contributed by atoms with Crippen LogP contribution in [0.5, 0.6) is 0 Å². The van der Waals surface area contributed by atoms with Gasteiger partial charge in [0.05, 0.1) is 24.4 Å². The van der Waals surface area contributed by atoms with Gasteiger partial charge in [-0.15, -0.1) is 5.10 Å². The first-order valence-electron chi connectivity index (χ1n) is 12.1. The zero-order valence-electron chi connectivity index (χ0n) is 20.2. The first kappa shape index (κ1) is 23.7. The van der Waals surface area contributed by atoms with Gasteiger partial charge in [-0.1, -0.05) is 41.6 Å². The summed E-state index contributed by atoms with van der Waals surface area (Å²) < 4.78 is 12.8. The molecule has 1 aliphatic rings. The first-order chi connectivity index (χ1) is 17.6. The van der Waals surface area contributed by atoms with Crippen LogP contribution in [0.3, 0.4) is 0 Å². The third-order valence-corrected chi connectivity index (χ3v) is 6.51. The summed E-state index contributed by atoms with van der Waals surface area (Å²) >= 11 is 0. The lowest BCUT2D eigenvalue weighted by Gasteiger charge is -2.33. The van der Waals surface area contributed by atoms with Crippen molar-refractivity contribution in [3.05, 3.63) is 83.8 Å². The molecule has 0 bridgehead atoms. The number of aromatic nitrogens is 3. The molecule has 9 nitrogen and oxygen atoms in total. The van der Waals surface area contributed by atoms with E-state index >= 15 is 0 Å². The number of furan rings is 1. The van der Waals surface area contributed by atoms with Crippen LogP contribution in [0.1, 0.15) is 35.8 Å². The van der Waals surface area contributed by atoms with Crippen LogP contribution < -0.4 is 5.32 Å². The number of para-hydroxylation sites is 1. The molecule has 1 saturated heterocycles. The van der Waals surface area contributed by atoms with Gasteiger partial charge in [-0.2, -0.15) is 0 Å². The number of benzene rings is 2. The normalized spacial score (nSPS) is 16.2. The Morgan fingerprint density at radius 1 is 1.14 bits per heavy atom. The predicted octanol–water partition coefficient (Wildman–Crippen LogP) is 3.40. The smallest absolute Gasteiger partial charge is 0.247 e. The Bertz CT molecular complexity index is 1330. The number of hydrogen-bond acceptors (Lipinski definition) is 6. The maximum atomic E-state index is 13.9. The average molecular weight is 488 g/mol. The Balaban J connectivity index is 1.48. The summed E-state index contributed by atoms with van der Waals surface area (Å²) in [6.45, 7) is 3.09. The minimum atomic E-state index is -0.840. The van der Waals surface area contributed by atoms with Gasteiger partial charge in [0.2, 0.25) is 11.8 Å². The summed E-state index contributed by atoms with van der Waals surface area (Å²) in [4.78, 5) is 29.2. The van der Waals surface area contributed by atoms with Crippen LogP contribution in [0.25, 0.3) is 11.0 Å². The van der Waals surface area contributed by atoms with E-state index in [2.05, 4.69) is 15.6 Å². The molecule has 2 aromatic carbocycles. The number of carbonyl (C=O) groups is 2. The molecule has 3 heterocycles. The van der Waals surface area contributed by atoms with Gasteiger partial charge in [-0.3, -0.25) is 9.59 Å². The van der Waals surface area contributed by atoms with Crippen molar-refractivity contribution in [2.24, 2.45) is 0 Å². The molecule has 0 radical (unpaired) electrons. The number of carbonyl (C=O) groups excluding carboxylic acids is 2. The van der Waals surface area contributed by atoms with Crippen LogP contribution in [0.15, 0.2) is 71.3 Å². The van der Waals surface area contributed by atoms with E-state index < -0.39 is 6.04 Å². The number of amides is 2. The Morgan fingerprint density at radius 3 is 2.75 bits per heavy atom. The number of fused-ring (bicyclic) bond motifs is 1. The topological polar surface area (TPSA) is 102 Å².